The molecule has 32 heavy (non-hydrogen) atoms. The van der Waals surface area contributed by atoms with Crippen LogP contribution in [0, 0.1) is 0 Å². The van der Waals surface area contributed by atoms with E-state index in [1.165, 1.54) is 24.3 Å². The topological polar surface area (TPSA) is 228 Å². The second-order valence-corrected chi connectivity index (χ2v) is 6.83. The summed E-state index contributed by atoms with van der Waals surface area (Å²) in [6, 6.07) is 1.71. The van der Waals surface area contributed by atoms with Crippen LogP contribution in [0.1, 0.15) is 18.4 Å². The van der Waals surface area contributed by atoms with E-state index in [1.54, 1.807) is 0 Å². The average Bonchev–Trinajstić information content (AvgIpc) is 2.74. The molecule has 1 aromatic carbocycles. The number of aromatic hydroxyl groups is 1. The molecule has 9 N–H and O–H groups in total. The Morgan fingerprint density at radius 1 is 0.875 bits per heavy atom. The van der Waals surface area contributed by atoms with Gasteiger partial charge in [-0.05, 0) is 24.1 Å². The molecule has 0 saturated carbocycles. The lowest BCUT2D eigenvalue weighted by Crippen LogP contribution is -2.57. The van der Waals surface area contributed by atoms with Gasteiger partial charge in [-0.2, -0.15) is 0 Å². The molecule has 176 valence electrons. The SMILES string of the molecule is NC(CCC(=O)O)C(=O)NC(CO)C(=O)NC(Cc1ccc(O)cc1)C(=O)NCC(=O)O. The maximum absolute atomic E-state index is 12.5. The number of carbonyl (C=O) groups excluding carboxylic acids is 3. The Hall–Kier alpha value is -3.71. The first-order valence-corrected chi connectivity index (χ1v) is 9.49. The minimum Gasteiger partial charge on any atom is -0.508 e. The molecule has 1 aromatic rings. The first kappa shape index (κ1) is 26.3. The van der Waals surface area contributed by atoms with E-state index in [9.17, 15) is 34.2 Å². The lowest BCUT2D eigenvalue weighted by Gasteiger charge is -2.23. The van der Waals surface area contributed by atoms with Crippen LogP contribution in [0.3, 0.4) is 0 Å². The highest BCUT2D eigenvalue weighted by atomic mass is 16.4. The normalized spacial score (nSPS) is 13.3. The number of amides is 3. The number of aliphatic hydroxyl groups excluding tert-OH is 1. The molecule has 3 amide bonds. The van der Waals surface area contributed by atoms with E-state index >= 15 is 0 Å². The number of hydrogen-bond donors (Lipinski definition) is 8. The zero-order valence-corrected chi connectivity index (χ0v) is 17.0. The number of aliphatic carboxylic acids is 2. The van der Waals surface area contributed by atoms with Crippen LogP contribution in [0.5, 0.6) is 5.75 Å². The second kappa shape index (κ2) is 12.9. The summed E-state index contributed by atoms with van der Waals surface area (Å²) in [5.74, 6) is -5.12. The van der Waals surface area contributed by atoms with Crippen LogP contribution in [0.4, 0.5) is 0 Å². The van der Waals surface area contributed by atoms with Crippen molar-refractivity contribution in [1.82, 2.24) is 16.0 Å². The number of phenolic OH excluding ortho intramolecular Hbond substituents is 1. The highest BCUT2D eigenvalue weighted by Gasteiger charge is 2.28. The van der Waals surface area contributed by atoms with Crippen molar-refractivity contribution in [3.05, 3.63) is 29.8 Å². The Kier molecular flexibility index (Phi) is 10.6. The number of nitrogens with two attached hydrogens (primary N) is 1. The van der Waals surface area contributed by atoms with Crippen molar-refractivity contribution >= 4 is 29.7 Å². The minimum absolute atomic E-state index is 0.0213. The standard InChI is InChI=1S/C19H26N4O9/c20-12(5-6-15(26)27)17(30)23-14(9-24)19(32)22-13(18(31)21-8-16(28)29)7-10-1-3-11(25)4-2-10/h1-4,12-14,24-25H,5-9,20H2,(H,21,31)(H,22,32)(H,23,30)(H,26,27)(H,28,29). The zero-order chi connectivity index (χ0) is 24.3. The van der Waals surface area contributed by atoms with Crippen LogP contribution < -0.4 is 21.7 Å². The van der Waals surface area contributed by atoms with Gasteiger partial charge in [0, 0.05) is 12.8 Å². The summed E-state index contributed by atoms with van der Waals surface area (Å²) < 4.78 is 0. The molecular weight excluding hydrogens is 428 g/mol. The predicted molar refractivity (Wildman–Crippen MR) is 108 cm³/mol. The predicted octanol–water partition coefficient (Wildman–Crippen LogP) is -2.71. The highest BCUT2D eigenvalue weighted by molar-refractivity contribution is 5.94. The molecule has 0 aliphatic rings. The number of benzene rings is 1. The highest BCUT2D eigenvalue weighted by Crippen LogP contribution is 2.11. The molecule has 1 rings (SSSR count). The maximum atomic E-state index is 12.5. The van der Waals surface area contributed by atoms with Crippen LogP contribution in [0.2, 0.25) is 0 Å². The van der Waals surface area contributed by atoms with Crippen LogP contribution in [0.25, 0.3) is 0 Å². The van der Waals surface area contributed by atoms with Crippen molar-refractivity contribution in [3.8, 4) is 5.75 Å². The van der Waals surface area contributed by atoms with Crippen molar-refractivity contribution in [2.45, 2.75) is 37.4 Å². The summed E-state index contributed by atoms with van der Waals surface area (Å²) in [4.78, 5) is 58.3. The molecule has 0 heterocycles. The molecular formula is C19H26N4O9. The Labute approximate surface area is 182 Å². The van der Waals surface area contributed by atoms with Gasteiger partial charge in [-0.25, -0.2) is 0 Å². The molecule has 0 bridgehead atoms. The number of phenols is 1. The van der Waals surface area contributed by atoms with Gasteiger partial charge < -0.3 is 42.1 Å². The molecule has 3 unspecified atom stereocenters. The molecule has 0 saturated heterocycles. The van der Waals surface area contributed by atoms with Crippen LogP contribution in [-0.4, -0.2) is 81.4 Å². The van der Waals surface area contributed by atoms with E-state index in [0.29, 0.717) is 5.56 Å². The monoisotopic (exact) mass is 454 g/mol. The third-order valence-corrected chi connectivity index (χ3v) is 4.24. The maximum Gasteiger partial charge on any atom is 0.322 e. The molecule has 0 fully saturated rings. The number of carboxylic acid groups (broad SMARTS) is 2. The van der Waals surface area contributed by atoms with Crippen LogP contribution >= 0.6 is 0 Å². The van der Waals surface area contributed by atoms with E-state index in [2.05, 4.69) is 16.0 Å². The molecule has 13 heteroatoms. The smallest absolute Gasteiger partial charge is 0.322 e. The number of nitrogens with one attached hydrogen (secondary N) is 3. The molecule has 3 atom stereocenters. The zero-order valence-electron chi connectivity index (χ0n) is 17.0. The first-order valence-electron chi connectivity index (χ1n) is 9.49. The Morgan fingerprint density at radius 2 is 1.47 bits per heavy atom. The molecule has 0 aromatic heterocycles. The largest absolute Gasteiger partial charge is 0.508 e. The third-order valence-electron chi connectivity index (χ3n) is 4.24. The second-order valence-electron chi connectivity index (χ2n) is 6.83. The molecule has 0 aliphatic carbocycles. The summed E-state index contributed by atoms with van der Waals surface area (Å²) in [6.07, 6.45) is -0.646. The van der Waals surface area contributed by atoms with E-state index in [1.807, 2.05) is 0 Å². The summed E-state index contributed by atoms with van der Waals surface area (Å²) in [6.45, 7) is -1.54. The summed E-state index contributed by atoms with van der Waals surface area (Å²) >= 11 is 0. The van der Waals surface area contributed by atoms with Gasteiger partial charge in [-0.3, -0.25) is 24.0 Å². The van der Waals surface area contributed by atoms with Crippen molar-refractivity contribution in [2.75, 3.05) is 13.2 Å². The van der Waals surface area contributed by atoms with Gasteiger partial charge in [0.2, 0.25) is 17.7 Å². The van der Waals surface area contributed by atoms with Crippen molar-refractivity contribution in [3.63, 3.8) is 0 Å². The summed E-state index contributed by atoms with van der Waals surface area (Å²) in [7, 11) is 0. The van der Waals surface area contributed by atoms with Crippen molar-refractivity contribution < 1.29 is 44.4 Å². The molecule has 0 radical (unpaired) electrons. The van der Waals surface area contributed by atoms with Crippen molar-refractivity contribution in [2.24, 2.45) is 5.73 Å². The minimum atomic E-state index is -1.49. The van der Waals surface area contributed by atoms with Crippen LogP contribution in [0.15, 0.2) is 24.3 Å². The van der Waals surface area contributed by atoms with Gasteiger partial charge in [0.25, 0.3) is 0 Å². The first-order chi connectivity index (χ1) is 15.0. The average molecular weight is 454 g/mol. The molecule has 0 aliphatic heterocycles. The Morgan fingerprint density at radius 3 is 2.00 bits per heavy atom. The fourth-order valence-electron chi connectivity index (χ4n) is 2.52. The number of aliphatic hydroxyl groups is 1. The molecule has 0 spiro atoms. The van der Waals surface area contributed by atoms with Gasteiger partial charge in [0.15, 0.2) is 0 Å². The van der Waals surface area contributed by atoms with E-state index in [0.717, 1.165) is 0 Å². The number of carboxylic acids is 2. The van der Waals surface area contributed by atoms with Gasteiger partial charge >= 0.3 is 11.9 Å². The summed E-state index contributed by atoms with van der Waals surface area (Å²) in [5, 5.41) is 42.9. The molecule has 13 nitrogen and oxygen atoms in total. The third kappa shape index (κ3) is 9.40. The summed E-state index contributed by atoms with van der Waals surface area (Å²) in [5.41, 5.74) is 6.10. The Balaban J connectivity index is 2.87. The van der Waals surface area contributed by atoms with E-state index in [-0.39, 0.29) is 25.0 Å². The van der Waals surface area contributed by atoms with Gasteiger partial charge in [0.05, 0.1) is 12.6 Å². The van der Waals surface area contributed by atoms with E-state index < -0.39 is 60.9 Å². The number of rotatable bonds is 13. The fourth-order valence-corrected chi connectivity index (χ4v) is 2.52. The van der Waals surface area contributed by atoms with Crippen LogP contribution in [-0.2, 0) is 30.4 Å². The van der Waals surface area contributed by atoms with Crippen molar-refractivity contribution in [1.29, 1.82) is 0 Å². The quantitative estimate of drug-likeness (QED) is 0.154. The number of hydrogen-bond acceptors (Lipinski definition) is 8. The fraction of sp³-hybridized carbons (Fsp3) is 0.421. The lowest BCUT2D eigenvalue weighted by atomic mass is 10.0. The number of carbonyl (C=O) groups is 5. The van der Waals surface area contributed by atoms with E-state index in [4.69, 9.17) is 15.9 Å². The Bertz CT molecular complexity index is 829. The van der Waals surface area contributed by atoms with Gasteiger partial charge in [0.1, 0.15) is 24.4 Å². The lowest BCUT2D eigenvalue weighted by molar-refractivity contribution is -0.139. The van der Waals surface area contributed by atoms with Gasteiger partial charge in [-0.15, -0.1) is 0 Å². The van der Waals surface area contributed by atoms with Gasteiger partial charge in [-0.1, -0.05) is 12.1 Å².